The molecule has 0 unspecified atom stereocenters. The Labute approximate surface area is 129 Å². The third-order valence-corrected chi connectivity index (χ3v) is 4.87. The summed E-state index contributed by atoms with van der Waals surface area (Å²) < 4.78 is 34.5. The fraction of sp³-hybridized carbons (Fsp3) is 0.429. The van der Waals surface area contributed by atoms with E-state index in [1.807, 2.05) is 6.92 Å². The number of ether oxygens (including phenoxy) is 1. The molecule has 2 aromatic rings. The Morgan fingerprint density at radius 1 is 1.32 bits per heavy atom. The molecule has 0 saturated heterocycles. The van der Waals surface area contributed by atoms with E-state index in [1.54, 1.807) is 13.0 Å². The van der Waals surface area contributed by atoms with Crippen LogP contribution in [0.15, 0.2) is 27.6 Å². The Bertz CT molecular complexity index is 740. The number of rotatable bonds is 7. The fourth-order valence-corrected chi connectivity index (χ4v) is 2.79. The van der Waals surface area contributed by atoms with Crippen LogP contribution in [0.1, 0.15) is 19.7 Å². The summed E-state index contributed by atoms with van der Waals surface area (Å²) in [4.78, 5) is 4.47. The molecule has 0 spiro atoms. The summed E-state index contributed by atoms with van der Waals surface area (Å²) in [7, 11) is -1.82. The Kier molecular flexibility index (Phi) is 5.15. The molecular weight excluding hydrogens is 306 g/mol. The average molecular weight is 325 g/mol. The maximum atomic E-state index is 12.0. The second kappa shape index (κ2) is 6.89. The summed E-state index contributed by atoms with van der Waals surface area (Å²) in [5.74, 6) is 1.24. The molecular formula is C14H19N3O4S. The van der Waals surface area contributed by atoms with Gasteiger partial charge in [0.1, 0.15) is 5.75 Å². The van der Waals surface area contributed by atoms with Gasteiger partial charge in [0.25, 0.3) is 5.89 Å². The summed E-state index contributed by atoms with van der Waals surface area (Å²) in [6.07, 6.45) is 0. The molecule has 1 aromatic carbocycles. The lowest BCUT2D eigenvalue weighted by Gasteiger charge is -2.07. The van der Waals surface area contributed by atoms with Gasteiger partial charge in [-0.2, -0.15) is 4.98 Å². The van der Waals surface area contributed by atoms with Crippen LogP contribution in [0.4, 0.5) is 0 Å². The van der Waals surface area contributed by atoms with Crippen LogP contribution in [0.5, 0.6) is 5.75 Å². The summed E-state index contributed by atoms with van der Waals surface area (Å²) in [6, 6.07) is 4.60. The van der Waals surface area contributed by atoms with E-state index >= 15 is 0 Å². The zero-order chi connectivity index (χ0) is 16.2. The van der Waals surface area contributed by atoms with Crippen LogP contribution in [0.2, 0.25) is 0 Å². The molecule has 0 radical (unpaired) electrons. The molecule has 0 fully saturated rings. The van der Waals surface area contributed by atoms with Gasteiger partial charge in [0, 0.05) is 0 Å². The molecule has 2 rings (SSSR count). The van der Waals surface area contributed by atoms with Crippen LogP contribution in [0.3, 0.4) is 0 Å². The van der Waals surface area contributed by atoms with E-state index < -0.39 is 9.84 Å². The number of benzene rings is 1. The summed E-state index contributed by atoms with van der Waals surface area (Å²) in [5.41, 5.74) is 0.465. The largest absolute Gasteiger partial charge is 0.496 e. The smallest absolute Gasteiger partial charge is 0.261 e. The van der Waals surface area contributed by atoms with Crippen molar-refractivity contribution in [3.05, 3.63) is 24.0 Å². The maximum absolute atomic E-state index is 12.0. The monoisotopic (exact) mass is 325 g/mol. The molecule has 0 amide bonds. The first-order chi connectivity index (χ1) is 10.5. The Hall–Kier alpha value is -1.93. The molecule has 0 aliphatic rings. The highest BCUT2D eigenvalue weighted by Gasteiger charge is 2.19. The molecule has 22 heavy (non-hydrogen) atoms. The van der Waals surface area contributed by atoms with Gasteiger partial charge in [-0.25, -0.2) is 8.42 Å². The quantitative estimate of drug-likeness (QED) is 0.827. The number of hydrogen-bond donors (Lipinski definition) is 1. The van der Waals surface area contributed by atoms with E-state index in [0.717, 1.165) is 6.54 Å². The molecule has 8 heteroatoms. The highest BCUT2D eigenvalue weighted by Crippen LogP contribution is 2.31. The standard InChI is InChI=1S/C14H19N3O4S/c1-4-15-9-13-16-14(21-17-13)11-8-10(22(18,19)5-2)6-7-12(11)20-3/h6-8,15H,4-5,9H2,1-3H3. The van der Waals surface area contributed by atoms with Crippen LogP contribution >= 0.6 is 0 Å². The summed E-state index contributed by atoms with van der Waals surface area (Å²) in [6.45, 7) is 4.84. The first-order valence-electron chi connectivity index (χ1n) is 6.96. The molecule has 0 aliphatic carbocycles. The van der Waals surface area contributed by atoms with E-state index in [0.29, 0.717) is 23.7 Å². The van der Waals surface area contributed by atoms with Crippen molar-refractivity contribution in [2.45, 2.75) is 25.3 Å². The van der Waals surface area contributed by atoms with Crippen molar-refractivity contribution in [2.24, 2.45) is 0 Å². The lowest BCUT2D eigenvalue weighted by atomic mass is 10.2. The molecule has 1 heterocycles. The second-order valence-corrected chi connectivity index (χ2v) is 6.84. The van der Waals surface area contributed by atoms with Gasteiger partial charge in [0.05, 0.1) is 29.9 Å². The van der Waals surface area contributed by atoms with Gasteiger partial charge in [-0.05, 0) is 24.7 Å². The Morgan fingerprint density at radius 3 is 2.73 bits per heavy atom. The SMILES string of the molecule is CCNCc1noc(-c2cc(S(=O)(=O)CC)ccc2OC)n1. The van der Waals surface area contributed by atoms with E-state index in [4.69, 9.17) is 9.26 Å². The van der Waals surface area contributed by atoms with Crippen LogP contribution in [0, 0.1) is 0 Å². The van der Waals surface area contributed by atoms with Crippen molar-refractivity contribution >= 4 is 9.84 Å². The van der Waals surface area contributed by atoms with Crippen molar-refractivity contribution in [2.75, 3.05) is 19.4 Å². The van der Waals surface area contributed by atoms with Crippen molar-refractivity contribution in [3.8, 4) is 17.2 Å². The minimum absolute atomic E-state index is 0.0221. The topological polar surface area (TPSA) is 94.3 Å². The number of sulfone groups is 1. The predicted octanol–water partition coefficient (Wildman–Crippen LogP) is 1.65. The Balaban J connectivity index is 2.44. The van der Waals surface area contributed by atoms with Crippen LogP contribution in [-0.2, 0) is 16.4 Å². The second-order valence-electron chi connectivity index (χ2n) is 4.56. The lowest BCUT2D eigenvalue weighted by Crippen LogP contribution is -2.12. The number of aromatic nitrogens is 2. The fourth-order valence-electron chi connectivity index (χ4n) is 1.89. The third-order valence-electron chi connectivity index (χ3n) is 3.14. The van der Waals surface area contributed by atoms with E-state index in [9.17, 15) is 8.42 Å². The van der Waals surface area contributed by atoms with Crippen molar-refractivity contribution in [3.63, 3.8) is 0 Å². The number of hydrogen-bond acceptors (Lipinski definition) is 7. The number of nitrogens with zero attached hydrogens (tertiary/aromatic N) is 2. The van der Waals surface area contributed by atoms with E-state index in [-0.39, 0.29) is 16.5 Å². The van der Waals surface area contributed by atoms with Crippen LogP contribution < -0.4 is 10.1 Å². The molecule has 1 aromatic heterocycles. The average Bonchev–Trinajstić information content (AvgIpc) is 3.01. The van der Waals surface area contributed by atoms with Gasteiger partial charge in [-0.15, -0.1) is 0 Å². The first kappa shape index (κ1) is 16.4. The minimum atomic E-state index is -3.32. The highest BCUT2D eigenvalue weighted by atomic mass is 32.2. The number of methoxy groups -OCH3 is 1. The van der Waals surface area contributed by atoms with E-state index in [2.05, 4.69) is 15.5 Å². The van der Waals surface area contributed by atoms with Gasteiger partial charge < -0.3 is 14.6 Å². The van der Waals surface area contributed by atoms with Crippen LogP contribution in [-0.4, -0.2) is 38.0 Å². The first-order valence-corrected chi connectivity index (χ1v) is 8.61. The zero-order valence-electron chi connectivity index (χ0n) is 12.8. The van der Waals surface area contributed by atoms with Gasteiger partial charge in [-0.1, -0.05) is 19.0 Å². The minimum Gasteiger partial charge on any atom is -0.496 e. The van der Waals surface area contributed by atoms with Crippen LogP contribution in [0.25, 0.3) is 11.5 Å². The molecule has 0 saturated carbocycles. The summed E-state index contributed by atoms with van der Waals surface area (Å²) >= 11 is 0. The Morgan fingerprint density at radius 2 is 2.09 bits per heavy atom. The highest BCUT2D eigenvalue weighted by molar-refractivity contribution is 7.91. The van der Waals surface area contributed by atoms with E-state index in [1.165, 1.54) is 19.2 Å². The van der Waals surface area contributed by atoms with Gasteiger partial charge in [0.2, 0.25) is 0 Å². The molecule has 0 atom stereocenters. The molecule has 1 N–H and O–H groups in total. The third kappa shape index (κ3) is 3.45. The normalized spacial score (nSPS) is 11.6. The van der Waals surface area contributed by atoms with Gasteiger partial charge in [-0.3, -0.25) is 0 Å². The summed E-state index contributed by atoms with van der Waals surface area (Å²) in [5, 5.41) is 6.95. The lowest BCUT2D eigenvalue weighted by molar-refractivity contribution is 0.401. The molecule has 0 bridgehead atoms. The molecule has 7 nitrogen and oxygen atoms in total. The maximum Gasteiger partial charge on any atom is 0.261 e. The molecule has 0 aliphatic heterocycles. The van der Waals surface area contributed by atoms with Crippen molar-refractivity contribution in [1.29, 1.82) is 0 Å². The van der Waals surface area contributed by atoms with Crippen molar-refractivity contribution in [1.82, 2.24) is 15.5 Å². The van der Waals surface area contributed by atoms with Gasteiger partial charge in [0.15, 0.2) is 15.7 Å². The number of nitrogens with one attached hydrogen (secondary N) is 1. The predicted molar refractivity (Wildman–Crippen MR) is 81.4 cm³/mol. The van der Waals surface area contributed by atoms with Crippen molar-refractivity contribution < 1.29 is 17.7 Å². The van der Waals surface area contributed by atoms with Gasteiger partial charge >= 0.3 is 0 Å². The zero-order valence-corrected chi connectivity index (χ0v) is 13.6. The molecule has 120 valence electrons.